The molecule has 7 nitrogen and oxygen atoms in total. The molecule has 0 aliphatic carbocycles. The van der Waals surface area contributed by atoms with Gasteiger partial charge in [-0.15, -0.1) is 24.0 Å². The molecule has 2 N–H and O–H groups in total. The van der Waals surface area contributed by atoms with Gasteiger partial charge in [-0.1, -0.05) is 0 Å². The van der Waals surface area contributed by atoms with Crippen LogP contribution in [0.5, 0.6) is 0 Å². The molecule has 9 heteroatoms. The summed E-state index contributed by atoms with van der Waals surface area (Å²) < 4.78 is 27.5. The predicted octanol–water partition coefficient (Wildman–Crippen LogP) is 0.951. The van der Waals surface area contributed by atoms with Crippen LogP contribution in [0, 0.1) is 0 Å². The van der Waals surface area contributed by atoms with Crippen molar-refractivity contribution < 1.29 is 13.2 Å². The van der Waals surface area contributed by atoms with Crippen molar-refractivity contribution >= 4 is 39.8 Å². The third kappa shape index (κ3) is 16.7. The van der Waals surface area contributed by atoms with Gasteiger partial charge in [0, 0.05) is 39.0 Å². The number of rotatable bonds is 12. The number of sulfone groups is 1. The number of methoxy groups -OCH3 is 1. The summed E-state index contributed by atoms with van der Waals surface area (Å²) in [5.41, 5.74) is 0. The van der Waals surface area contributed by atoms with Crippen molar-refractivity contribution in [2.24, 2.45) is 4.99 Å². The summed E-state index contributed by atoms with van der Waals surface area (Å²) in [6.45, 7) is 8.11. The Kier molecular flexibility index (Phi) is 16.5. The molecule has 0 heterocycles. The van der Waals surface area contributed by atoms with Crippen LogP contribution < -0.4 is 10.6 Å². The summed E-state index contributed by atoms with van der Waals surface area (Å²) in [4.78, 5) is 6.75. The summed E-state index contributed by atoms with van der Waals surface area (Å²) in [5, 5.41) is 6.44. The molecule has 0 saturated carbocycles. The van der Waals surface area contributed by atoms with Gasteiger partial charge in [0.2, 0.25) is 0 Å². The molecule has 24 heavy (non-hydrogen) atoms. The van der Waals surface area contributed by atoms with E-state index in [1.54, 1.807) is 7.11 Å². The van der Waals surface area contributed by atoms with Crippen LogP contribution in [-0.4, -0.2) is 84.3 Å². The Hall–Kier alpha value is -0.130. The SMILES string of the molecule is CCNC(=NCCCN(C)CCOC)NC(C)CCS(C)(=O)=O.I. The summed E-state index contributed by atoms with van der Waals surface area (Å²) >= 11 is 0. The average Bonchev–Trinajstić information content (AvgIpc) is 2.46. The van der Waals surface area contributed by atoms with Gasteiger partial charge >= 0.3 is 0 Å². The second-order valence-corrected chi connectivity index (χ2v) is 8.13. The maximum absolute atomic E-state index is 11.2. The van der Waals surface area contributed by atoms with Crippen LogP contribution in [0.2, 0.25) is 0 Å². The third-order valence-electron chi connectivity index (χ3n) is 3.29. The Morgan fingerprint density at radius 1 is 1.33 bits per heavy atom. The van der Waals surface area contributed by atoms with E-state index in [2.05, 4.69) is 27.6 Å². The van der Waals surface area contributed by atoms with Gasteiger partial charge < -0.3 is 20.3 Å². The van der Waals surface area contributed by atoms with Crippen molar-refractivity contribution in [1.82, 2.24) is 15.5 Å². The van der Waals surface area contributed by atoms with Crippen molar-refractivity contribution in [3.63, 3.8) is 0 Å². The highest BCUT2D eigenvalue weighted by molar-refractivity contribution is 14.0. The number of hydrogen-bond acceptors (Lipinski definition) is 5. The first kappa shape index (κ1) is 26.1. The number of guanidine groups is 1. The first-order chi connectivity index (χ1) is 10.8. The zero-order chi connectivity index (χ0) is 17.7. The van der Waals surface area contributed by atoms with Gasteiger partial charge in [-0.05, 0) is 40.3 Å². The van der Waals surface area contributed by atoms with Gasteiger partial charge in [-0.2, -0.15) is 0 Å². The number of ether oxygens (including phenoxy) is 1. The van der Waals surface area contributed by atoms with Crippen LogP contribution in [0.15, 0.2) is 4.99 Å². The van der Waals surface area contributed by atoms with Gasteiger partial charge in [-0.25, -0.2) is 8.42 Å². The molecule has 1 atom stereocenters. The molecule has 0 fully saturated rings. The first-order valence-corrected chi connectivity index (χ1v) is 10.2. The number of nitrogens with one attached hydrogen (secondary N) is 2. The highest BCUT2D eigenvalue weighted by Gasteiger charge is 2.09. The van der Waals surface area contributed by atoms with E-state index < -0.39 is 9.84 Å². The molecule has 0 aromatic heterocycles. The minimum absolute atomic E-state index is 0. The molecule has 0 spiro atoms. The fourth-order valence-corrected chi connectivity index (χ4v) is 2.69. The molecular weight excluding hydrogens is 443 g/mol. The van der Waals surface area contributed by atoms with Gasteiger partial charge in [0.05, 0.1) is 12.4 Å². The molecule has 0 rings (SSSR count). The van der Waals surface area contributed by atoms with Crippen LogP contribution >= 0.6 is 24.0 Å². The second kappa shape index (κ2) is 15.2. The average molecular weight is 478 g/mol. The topological polar surface area (TPSA) is 83.0 Å². The monoisotopic (exact) mass is 478 g/mol. The summed E-state index contributed by atoms with van der Waals surface area (Å²) in [6, 6.07) is 0.0619. The standard InChI is InChI=1S/C15H34N4O3S.HI/c1-6-16-15(18-14(2)8-13-23(5,20)21)17-9-7-10-19(3)11-12-22-4;/h14H,6-13H2,1-5H3,(H2,16,17,18);1H. The van der Waals surface area contributed by atoms with E-state index in [1.807, 2.05) is 13.8 Å². The van der Waals surface area contributed by atoms with Crippen LogP contribution in [0.1, 0.15) is 26.7 Å². The lowest BCUT2D eigenvalue weighted by atomic mass is 10.3. The normalized spacial score (nSPS) is 13.5. The number of aliphatic imine (C=N–C) groups is 1. The Labute approximate surface area is 164 Å². The number of halogens is 1. The first-order valence-electron chi connectivity index (χ1n) is 8.18. The van der Waals surface area contributed by atoms with Gasteiger partial charge in [-0.3, -0.25) is 4.99 Å². The minimum atomic E-state index is -2.92. The lowest BCUT2D eigenvalue weighted by Gasteiger charge is -2.18. The third-order valence-corrected chi connectivity index (χ3v) is 4.27. The van der Waals surface area contributed by atoms with Crippen LogP contribution in [0.25, 0.3) is 0 Å². The highest BCUT2D eigenvalue weighted by Crippen LogP contribution is 1.96. The molecule has 0 saturated heterocycles. The van der Waals surface area contributed by atoms with Crippen LogP contribution in [0.3, 0.4) is 0 Å². The molecule has 0 aliphatic rings. The zero-order valence-electron chi connectivity index (χ0n) is 15.7. The zero-order valence-corrected chi connectivity index (χ0v) is 18.8. The quantitative estimate of drug-likeness (QED) is 0.188. The summed E-state index contributed by atoms with van der Waals surface area (Å²) in [7, 11) is 0.853. The Bertz CT molecular complexity index is 432. The molecule has 0 radical (unpaired) electrons. The number of likely N-dealkylation sites (N-methyl/N-ethyl adjacent to an activating group) is 1. The lowest BCUT2D eigenvalue weighted by Crippen LogP contribution is -2.43. The largest absolute Gasteiger partial charge is 0.383 e. The van der Waals surface area contributed by atoms with Gasteiger partial charge in [0.15, 0.2) is 5.96 Å². The lowest BCUT2D eigenvalue weighted by molar-refractivity contribution is 0.161. The maximum Gasteiger partial charge on any atom is 0.191 e. The Morgan fingerprint density at radius 3 is 2.54 bits per heavy atom. The van der Waals surface area contributed by atoms with Crippen molar-refractivity contribution in [3.05, 3.63) is 0 Å². The van der Waals surface area contributed by atoms with E-state index in [-0.39, 0.29) is 35.8 Å². The van der Waals surface area contributed by atoms with Gasteiger partial charge in [0.25, 0.3) is 0 Å². The molecule has 0 aromatic carbocycles. The number of hydrogen-bond donors (Lipinski definition) is 2. The van der Waals surface area contributed by atoms with E-state index in [1.165, 1.54) is 6.26 Å². The van der Waals surface area contributed by atoms with E-state index in [4.69, 9.17) is 4.74 Å². The molecule has 146 valence electrons. The fraction of sp³-hybridized carbons (Fsp3) is 0.933. The molecule has 0 aromatic rings. The van der Waals surface area contributed by atoms with Crippen molar-refractivity contribution in [3.8, 4) is 0 Å². The molecule has 1 unspecified atom stereocenters. The molecular formula is C15H35IN4O3S. The smallest absolute Gasteiger partial charge is 0.191 e. The maximum atomic E-state index is 11.2. The van der Waals surface area contributed by atoms with E-state index in [0.717, 1.165) is 45.2 Å². The van der Waals surface area contributed by atoms with Crippen LogP contribution in [0.4, 0.5) is 0 Å². The molecule has 0 amide bonds. The summed E-state index contributed by atoms with van der Waals surface area (Å²) in [5.74, 6) is 0.929. The minimum Gasteiger partial charge on any atom is -0.383 e. The van der Waals surface area contributed by atoms with Crippen molar-refractivity contribution in [1.29, 1.82) is 0 Å². The van der Waals surface area contributed by atoms with E-state index in [0.29, 0.717) is 6.42 Å². The van der Waals surface area contributed by atoms with E-state index in [9.17, 15) is 8.42 Å². The second-order valence-electron chi connectivity index (χ2n) is 5.87. The predicted molar refractivity (Wildman–Crippen MR) is 112 cm³/mol. The van der Waals surface area contributed by atoms with Crippen LogP contribution in [-0.2, 0) is 14.6 Å². The van der Waals surface area contributed by atoms with Gasteiger partial charge in [0.1, 0.15) is 9.84 Å². The van der Waals surface area contributed by atoms with Crippen molar-refractivity contribution in [2.75, 3.05) is 59.0 Å². The molecule has 0 bridgehead atoms. The van der Waals surface area contributed by atoms with E-state index >= 15 is 0 Å². The highest BCUT2D eigenvalue weighted by atomic mass is 127. The summed E-state index contributed by atoms with van der Waals surface area (Å²) in [6.07, 6.45) is 2.80. The number of nitrogens with zero attached hydrogens (tertiary/aromatic N) is 2. The Morgan fingerprint density at radius 2 is 2.00 bits per heavy atom. The Balaban J connectivity index is 0. The van der Waals surface area contributed by atoms with Crippen molar-refractivity contribution in [2.45, 2.75) is 32.7 Å². The molecule has 0 aliphatic heterocycles. The fourth-order valence-electron chi connectivity index (χ4n) is 1.91.